The highest BCUT2D eigenvalue weighted by atomic mass is 19.1. The molecule has 0 heterocycles. The minimum Gasteiger partial charge on any atom is -0.383 e. The Labute approximate surface area is 105 Å². The van der Waals surface area contributed by atoms with Gasteiger partial charge in [0.05, 0.1) is 11.5 Å². The number of nitrogens with one attached hydrogen (secondary N) is 1. The van der Waals surface area contributed by atoms with Crippen molar-refractivity contribution in [2.75, 3.05) is 13.7 Å². The summed E-state index contributed by atoms with van der Waals surface area (Å²) in [6.45, 7) is 3.05. The van der Waals surface area contributed by atoms with Crippen molar-refractivity contribution in [1.82, 2.24) is 5.32 Å². The van der Waals surface area contributed by atoms with Crippen LogP contribution in [0.25, 0.3) is 0 Å². The van der Waals surface area contributed by atoms with Crippen LogP contribution >= 0.6 is 0 Å². The largest absolute Gasteiger partial charge is 0.383 e. The number of methoxy groups -OCH3 is 1. The molecule has 1 unspecified atom stereocenters. The van der Waals surface area contributed by atoms with Crippen LogP contribution in [0.5, 0.6) is 0 Å². The molecule has 0 bridgehead atoms. The molecule has 6 heteroatoms. The van der Waals surface area contributed by atoms with Crippen molar-refractivity contribution in [3.05, 3.63) is 39.7 Å². The number of nitro groups is 1. The predicted molar refractivity (Wildman–Crippen MR) is 65.8 cm³/mol. The molecule has 5 nitrogen and oxygen atoms in total. The molecule has 0 spiro atoms. The van der Waals surface area contributed by atoms with Crippen LogP contribution in [0.3, 0.4) is 0 Å². The molecular weight excluding hydrogens is 239 g/mol. The standard InChI is InChI=1S/C12H17FN2O3/c1-3-10(8-18-2)14-7-9-4-5-12(15(16)17)11(13)6-9/h4-6,10,14H,3,7-8H2,1-2H3. The van der Waals surface area contributed by atoms with Gasteiger partial charge in [-0.3, -0.25) is 10.1 Å². The van der Waals surface area contributed by atoms with Gasteiger partial charge in [0.2, 0.25) is 5.82 Å². The van der Waals surface area contributed by atoms with E-state index in [2.05, 4.69) is 5.32 Å². The first-order valence-corrected chi connectivity index (χ1v) is 5.73. The molecule has 0 saturated carbocycles. The molecule has 0 aromatic heterocycles. The maximum Gasteiger partial charge on any atom is 0.304 e. The van der Waals surface area contributed by atoms with Crippen LogP contribution in [0, 0.1) is 15.9 Å². The molecule has 1 aromatic carbocycles. The van der Waals surface area contributed by atoms with Gasteiger partial charge < -0.3 is 10.1 Å². The second kappa shape index (κ2) is 7.03. The average Bonchev–Trinajstić information content (AvgIpc) is 2.34. The number of ether oxygens (including phenoxy) is 1. The summed E-state index contributed by atoms with van der Waals surface area (Å²) in [7, 11) is 1.62. The third-order valence-electron chi connectivity index (χ3n) is 2.66. The van der Waals surface area contributed by atoms with Crippen molar-refractivity contribution in [3.63, 3.8) is 0 Å². The van der Waals surface area contributed by atoms with Crippen LogP contribution < -0.4 is 5.32 Å². The fourth-order valence-corrected chi connectivity index (χ4v) is 1.59. The van der Waals surface area contributed by atoms with Crippen LogP contribution in [-0.2, 0) is 11.3 Å². The lowest BCUT2D eigenvalue weighted by Crippen LogP contribution is -2.32. The number of nitrogens with zero attached hydrogens (tertiary/aromatic N) is 1. The normalized spacial score (nSPS) is 12.4. The van der Waals surface area contributed by atoms with Gasteiger partial charge in [-0.15, -0.1) is 0 Å². The van der Waals surface area contributed by atoms with Crippen LogP contribution in [-0.4, -0.2) is 24.7 Å². The number of benzene rings is 1. The number of hydrogen-bond acceptors (Lipinski definition) is 4. The molecule has 1 atom stereocenters. The third-order valence-corrected chi connectivity index (χ3v) is 2.66. The summed E-state index contributed by atoms with van der Waals surface area (Å²) >= 11 is 0. The van der Waals surface area contributed by atoms with Gasteiger partial charge >= 0.3 is 5.69 Å². The van der Waals surface area contributed by atoms with E-state index in [-0.39, 0.29) is 6.04 Å². The molecule has 1 aromatic rings. The molecule has 0 amide bonds. The van der Waals surface area contributed by atoms with Crippen molar-refractivity contribution in [2.45, 2.75) is 25.9 Å². The molecule has 0 aliphatic carbocycles. The van der Waals surface area contributed by atoms with Crippen molar-refractivity contribution < 1.29 is 14.1 Å². The van der Waals surface area contributed by atoms with E-state index in [4.69, 9.17) is 4.74 Å². The first-order chi connectivity index (χ1) is 8.58. The number of hydrogen-bond donors (Lipinski definition) is 1. The van der Waals surface area contributed by atoms with Gasteiger partial charge in [0.15, 0.2) is 0 Å². The summed E-state index contributed by atoms with van der Waals surface area (Å²) in [6.07, 6.45) is 0.892. The van der Waals surface area contributed by atoms with E-state index in [0.717, 1.165) is 6.42 Å². The topological polar surface area (TPSA) is 64.4 Å². The van der Waals surface area contributed by atoms with Crippen molar-refractivity contribution in [1.29, 1.82) is 0 Å². The summed E-state index contributed by atoms with van der Waals surface area (Å²) in [5.41, 5.74) is 0.176. The van der Waals surface area contributed by atoms with E-state index in [1.54, 1.807) is 13.2 Å². The zero-order valence-electron chi connectivity index (χ0n) is 10.5. The Bertz CT molecular complexity index is 412. The lowest BCUT2D eigenvalue weighted by Gasteiger charge is -2.15. The van der Waals surface area contributed by atoms with Gasteiger partial charge in [-0.1, -0.05) is 13.0 Å². The summed E-state index contributed by atoms with van der Waals surface area (Å²) in [5.74, 6) is -0.806. The average molecular weight is 256 g/mol. The molecule has 0 saturated heterocycles. The number of rotatable bonds is 7. The lowest BCUT2D eigenvalue weighted by molar-refractivity contribution is -0.387. The molecule has 100 valence electrons. The molecule has 1 rings (SSSR count). The highest BCUT2D eigenvalue weighted by Crippen LogP contribution is 2.17. The zero-order chi connectivity index (χ0) is 13.5. The van der Waals surface area contributed by atoms with Gasteiger partial charge in [-0.25, -0.2) is 0 Å². The quantitative estimate of drug-likeness (QED) is 0.600. The molecular formula is C12H17FN2O3. The molecule has 0 aliphatic heterocycles. The van der Waals surface area contributed by atoms with E-state index >= 15 is 0 Å². The predicted octanol–water partition coefficient (Wildman–Crippen LogP) is 2.25. The molecule has 0 fully saturated rings. The summed E-state index contributed by atoms with van der Waals surface area (Å²) in [4.78, 5) is 9.73. The number of halogens is 1. The van der Waals surface area contributed by atoms with Gasteiger partial charge in [-0.2, -0.15) is 4.39 Å². The first kappa shape index (κ1) is 14.5. The van der Waals surface area contributed by atoms with Gasteiger partial charge in [-0.05, 0) is 18.1 Å². The Morgan fingerprint density at radius 1 is 1.56 bits per heavy atom. The summed E-state index contributed by atoms with van der Waals surface area (Å²) in [5, 5.41) is 13.7. The van der Waals surface area contributed by atoms with Gasteiger partial charge in [0, 0.05) is 25.8 Å². The van der Waals surface area contributed by atoms with Gasteiger partial charge in [0.25, 0.3) is 0 Å². The van der Waals surface area contributed by atoms with Crippen LogP contribution in [0.2, 0.25) is 0 Å². The van der Waals surface area contributed by atoms with E-state index in [1.807, 2.05) is 6.92 Å². The monoisotopic (exact) mass is 256 g/mol. The van der Waals surface area contributed by atoms with Crippen LogP contribution in [0.1, 0.15) is 18.9 Å². The Morgan fingerprint density at radius 2 is 2.28 bits per heavy atom. The van der Waals surface area contributed by atoms with Crippen molar-refractivity contribution in [3.8, 4) is 0 Å². The first-order valence-electron chi connectivity index (χ1n) is 5.73. The number of nitro benzene ring substituents is 1. The molecule has 0 radical (unpaired) electrons. The van der Waals surface area contributed by atoms with Crippen molar-refractivity contribution >= 4 is 5.69 Å². The smallest absolute Gasteiger partial charge is 0.304 e. The highest BCUT2D eigenvalue weighted by Gasteiger charge is 2.14. The Hall–Kier alpha value is -1.53. The van der Waals surface area contributed by atoms with E-state index in [1.165, 1.54) is 12.1 Å². The Morgan fingerprint density at radius 3 is 2.78 bits per heavy atom. The second-order valence-electron chi connectivity index (χ2n) is 3.98. The Balaban J connectivity index is 2.63. The zero-order valence-corrected chi connectivity index (χ0v) is 10.5. The fourth-order valence-electron chi connectivity index (χ4n) is 1.59. The maximum absolute atomic E-state index is 13.4. The third kappa shape index (κ3) is 4.05. The minimum atomic E-state index is -0.806. The summed E-state index contributed by atoms with van der Waals surface area (Å²) in [6, 6.07) is 4.11. The Kier molecular flexibility index (Phi) is 5.67. The van der Waals surface area contributed by atoms with Gasteiger partial charge in [0.1, 0.15) is 0 Å². The van der Waals surface area contributed by atoms with E-state index < -0.39 is 16.4 Å². The van der Waals surface area contributed by atoms with Crippen LogP contribution in [0.15, 0.2) is 18.2 Å². The summed E-state index contributed by atoms with van der Waals surface area (Å²) < 4.78 is 18.4. The molecule has 18 heavy (non-hydrogen) atoms. The van der Waals surface area contributed by atoms with Crippen LogP contribution in [0.4, 0.5) is 10.1 Å². The van der Waals surface area contributed by atoms with Crippen molar-refractivity contribution in [2.24, 2.45) is 0 Å². The highest BCUT2D eigenvalue weighted by molar-refractivity contribution is 5.34. The minimum absolute atomic E-state index is 0.188. The second-order valence-corrected chi connectivity index (χ2v) is 3.98. The maximum atomic E-state index is 13.4. The van der Waals surface area contributed by atoms with E-state index in [9.17, 15) is 14.5 Å². The van der Waals surface area contributed by atoms with E-state index in [0.29, 0.717) is 18.7 Å². The fraction of sp³-hybridized carbons (Fsp3) is 0.500. The molecule has 1 N–H and O–H groups in total. The lowest BCUT2D eigenvalue weighted by atomic mass is 10.1. The molecule has 0 aliphatic rings. The SMILES string of the molecule is CCC(COC)NCc1ccc([N+](=O)[O-])c(F)c1.